The van der Waals surface area contributed by atoms with Crippen LogP contribution in [0, 0.1) is 0 Å². The van der Waals surface area contributed by atoms with Crippen LogP contribution in [0.4, 0.5) is 13.2 Å². The van der Waals surface area contributed by atoms with E-state index in [0.29, 0.717) is 0 Å². The van der Waals surface area contributed by atoms with Crippen molar-refractivity contribution in [2.75, 3.05) is 0 Å². The molecule has 20 heavy (non-hydrogen) atoms. The molecular weight excluding hydrogens is 267 g/mol. The first kappa shape index (κ1) is 14.4. The molecule has 0 aliphatic heterocycles. The summed E-state index contributed by atoms with van der Waals surface area (Å²) in [6.07, 6.45) is -4.67. The number of rotatable bonds is 3. The van der Waals surface area contributed by atoms with Crippen molar-refractivity contribution in [3.8, 4) is 16.9 Å². The summed E-state index contributed by atoms with van der Waals surface area (Å²) in [6.45, 7) is 1.87. The highest BCUT2D eigenvalue weighted by atomic mass is 19.4. The van der Waals surface area contributed by atoms with E-state index in [1.54, 1.807) is 12.1 Å². The van der Waals surface area contributed by atoms with E-state index in [0.717, 1.165) is 16.7 Å². The lowest BCUT2D eigenvalue weighted by molar-refractivity contribution is -0.274. The Bertz CT molecular complexity index is 576. The first-order chi connectivity index (χ1) is 9.35. The third kappa shape index (κ3) is 3.74. The van der Waals surface area contributed by atoms with Gasteiger partial charge in [0.2, 0.25) is 0 Å². The van der Waals surface area contributed by atoms with Crippen molar-refractivity contribution < 1.29 is 17.9 Å². The molecule has 0 fully saturated rings. The third-order valence-corrected chi connectivity index (χ3v) is 2.83. The van der Waals surface area contributed by atoms with Crippen LogP contribution in [0.5, 0.6) is 5.75 Å². The third-order valence-electron chi connectivity index (χ3n) is 2.83. The van der Waals surface area contributed by atoms with E-state index in [4.69, 9.17) is 5.73 Å². The second-order valence-corrected chi connectivity index (χ2v) is 4.49. The number of benzene rings is 2. The summed E-state index contributed by atoms with van der Waals surface area (Å²) >= 11 is 0. The molecule has 0 radical (unpaired) electrons. The minimum absolute atomic E-state index is 0.0946. The number of hydrogen-bond acceptors (Lipinski definition) is 2. The molecule has 2 nitrogen and oxygen atoms in total. The van der Waals surface area contributed by atoms with Crippen molar-refractivity contribution in [2.24, 2.45) is 5.73 Å². The molecule has 2 aromatic rings. The lowest BCUT2D eigenvalue weighted by atomic mass is 10.0. The lowest BCUT2D eigenvalue weighted by Crippen LogP contribution is -2.16. The van der Waals surface area contributed by atoms with Gasteiger partial charge in [-0.25, -0.2) is 0 Å². The molecule has 0 amide bonds. The molecule has 0 heterocycles. The first-order valence-electron chi connectivity index (χ1n) is 6.07. The van der Waals surface area contributed by atoms with E-state index >= 15 is 0 Å². The van der Waals surface area contributed by atoms with Crippen molar-refractivity contribution in [3.63, 3.8) is 0 Å². The molecule has 5 heteroatoms. The predicted molar refractivity (Wildman–Crippen MR) is 71.2 cm³/mol. The van der Waals surface area contributed by atoms with Crippen LogP contribution in [-0.4, -0.2) is 6.36 Å². The molecule has 0 aromatic heterocycles. The highest BCUT2D eigenvalue weighted by Crippen LogP contribution is 2.27. The van der Waals surface area contributed by atoms with Gasteiger partial charge in [0.15, 0.2) is 0 Å². The van der Waals surface area contributed by atoms with Crippen LogP contribution in [0.25, 0.3) is 11.1 Å². The van der Waals surface area contributed by atoms with E-state index in [-0.39, 0.29) is 11.8 Å². The molecule has 0 aliphatic rings. The predicted octanol–water partition coefficient (Wildman–Crippen LogP) is 4.27. The SMILES string of the molecule is C[C@@H](N)c1cccc(-c2ccc(OC(F)(F)F)cc2)c1. The van der Waals surface area contributed by atoms with Gasteiger partial charge in [-0.3, -0.25) is 0 Å². The van der Waals surface area contributed by atoms with Crippen LogP contribution in [0.1, 0.15) is 18.5 Å². The molecule has 2 rings (SSSR count). The zero-order valence-electron chi connectivity index (χ0n) is 10.8. The van der Waals surface area contributed by atoms with Gasteiger partial charge in [-0.2, -0.15) is 0 Å². The Kier molecular flexibility index (Phi) is 3.99. The second-order valence-electron chi connectivity index (χ2n) is 4.49. The average Bonchev–Trinajstić information content (AvgIpc) is 2.38. The zero-order valence-corrected chi connectivity index (χ0v) is 10.8. The Morgan fingerprint density at radius 3 is 2.20 bits per heavy atom. The van der Waals surface area contributed by atoms with Crippen LogP contribution < -0.4 is 10.5 Å². The van der Waals surface area contributed by atoms with Crippen molar-refractivity contribution >= 4 is 0 Å². The molecule has 0 unspecified atom stereocenters. The van der Waals surface area contributed by atoms with Crippen molar-refractivity contribution in [3.05, 3.63) is 54.1 Å². The summed E-state index contributed by atoms with van der Waals surface area (Å²) in [5.41, 5.74) is 8.49. The van der Waals surface area contributed by atoms with E-state index in [1.807, 2.05) is 31.2 Å². The number of halogens is 3. The summed E-state index contributed by atoms with van der Waals surface area (Å²) in [5.74, 6) is -0.232. The minimum atomic E-state index is -4.67. The minimum Gasteiger partial charge on any atom is -0.406 e. The molecule has 106 valence electrons. The Labute approximate surface area is 115 Å². The van der Waals surface area contributed by atoms with Crippen LogP contribution >= 0.6 is 0 Å². The number of hydrogen-bond donors (Lipinski definition) is 1. The maximum Gasteiger partial charge on any atom is 0.573 e. The van der Waals surface area contributed by atoms with E-state index in [2.05, 4.69) is 4.74 Å². The zero-order chi connectivity index (χ0) is 14.8. The summed E-state index contributed by atoms with van der Waals surface area (Å²) in [4.78, 5) is 0. The smallest absolute Gasteiger partial charge is 0.406 e. The molecule has 2 aromatic carbocycles. The molecule has 0 spiro atoms. The van der Waals surface area contributed by atoms with Gasteiger partial charge in [-0.15, -0.1) is 13.2 Å². The van der Waals surface area contributed by atoms with E-state index in [1.165, 1.54) is 12.1 Å². The van der Waals surface area contributed by atoms with Crippen molar-refractivity contribution in [2.45, 2.75) is 19.3 Å². The maximum absolute atomic E-state index is 12.1. The topological polar surface area (TPSA) is 35.2 Å². The maximum atomic E-state index is 12.1. The largest absolute Gasteiger partial charge is 0.573 e. The van der Waals surface area contributed by atoms with Gasteiger partial charge in [-0.05, 0) is 41.8 Å². The van der Waals surface area contributed by atoms with Crippen LogP contribution in [-0.2, 0) is 0 Å². The molecule has 0 aliphatic carbocycles. The molecule has 0 saturated carbocycles. The summed E-state index contributed by atoms with van der Waals surface area (Å²) in [7, 11) is 0. The standard InChI is InChI=1S/C15H14F3NO/c1-10(19)12-3-2-4-13(9-12)11-5-7-14(8-6-11)20-15(16,17)18/h2-10H,19H2,1H3/t10-/m1/s1. The summed E-state index contributed by atoms with van der Waals surface area (Å²) < 4.78 is 40.0. The fraction of sp³-hybridized carbons (Fsp3) is 0.200. The van der Waals surface area contributed by atoms with Gasteiger partial charge in [-0.1, -0.05) is 30.3 Å². The molecule has 0 bridgehead atoms. The summed E-state index contributed by atoms with van der Waals surface area (Å²) in [6, 6.07) is 13.2. The van der Waals surface area contributed by atoms with E-state index < -0.39 is 6.36 Å². The van der Waals surface area contributed by atoms with Crippen molar-refractivity contribution in [1.29, 1.82) is 0 Å². The monoisotopic (exact) mass is 281 g/mol. The van der Waals surface area contributed by atoms with Gasteiger partial charge in [0.1, 0.15) is 5.75 Å². The highest BCUT2D eigenvalue weighted by molar-refractivity contribution is 5.65. The van der Waals surface area contributed by atoms with Gasteiger partial charge in [0, 0.05) is 6.04 Å². The molecule has 1 atom stereocenters. The summed E-state index contributed by atoms with van der Waals surface area (Å²) in [5, 5.41) is 0. The fourth-order valence-corrected chi connectivity index (χ4v) is 1.85. The quantitative estimate of drug-likeness (QED) is 0.911. The fourth-order valence-electron chi connectivity index (χ4n) is 1.85. The Balaban J connectivity index is 2.24. The first-order valence-corrected chi connectivity index (χ1v) is 6.07. The molecular formula is C15H14F3NO. The van der Waals surface area contributed by atoms with Crippen LogP contribution in [0.15, 0.2) is 48.5 Å². The average molecular weight is 281 g/mol. The highest BCUT2D eigenvalue weighted by Gasteiger charge is 2.30. The van der Waals surface area contributed by atoms with Crippen LogP contribution in [0.3, 0.4) is 0 Å². The Morgan fingerprint density at radius 2 is 1.65 bits per heavy atom. The Morgan fingerprint density at radius 1 is 1.00 bits per heavy atom. The lowest BCUT2D eigenvalue weighted by Gasteiger charge is -2.11. The van der Waals surface area contributed by atoms with Crippen LogP contribution in [0.2, 0.25) is 0 Å². The molecule has 2 N–H and O–H groups in total. The number of nitrogens with two attached hydrogens (primary N) is 1. The molecule has 0 saturated heterocycles. The normalized spacial score (nSPS) is 13.1. The van der Waals surface area contributed by atoms with Crippen molar-refractivity contribution in [1.82, 2.24) is 0 Å². The van der Waals surface area contributed by atoms with E-state index in [9.17, 15) is 13.2 Å². The number of alkyl halides is 3. The van der Waals surface area contributed by atoms with Gasteiger partial charge >= 0.3 is 6.36 Å². The van der Waals surface area contributed by atoms with Gasteiger partial charge in [0.05, 0.1) is 0 Å². The second kappa shape index (κ2) is 5.54. The Hall–Kier alpha value is -2.01. The number of ether oxygens (including phenoxy) is 1. The van der Waals surface area contributed by atoms with Gasteiger partial charge < -0.3 is 10.5 Å². The van der Waals surface area contributed by atoms with Gasteiger partial charge in [0.25, 0.3) is 0 Å².